The number of aryl methyl sites for hydroxylation is 1. The van der Waals surface area contributed by atoms with Gasteiger partial charge in [0.2, 0.25) is 5.91 Å². The van der Waals surface area contributed by atoms with E-state index in [1.807, 2.05) is 4.90 Å². The van der Waals surface area contributed by atoms with Crippen LogP contribution in [0.5, 0.6) is 5.75 Å². The van der Waals surface area contributed by atoms with E-state index in [2.05, 4.69) is 10.3 Å². The highest BCUT2D eigenvalue weighted by atomic mass is 32.1. The topological polar surface area (TPSA) is 71.5 Å². The number of nitrogens with zero attached hydrogens (tertiary/aromatic N) is 2. The van der Waals surface area contributed by atoms with Gasteiger partial charge in [-0.3, -0.25) is 14.9 Å². The highest BCUT2D eigenvalue weighted by Crippen LogP contribution is 2.38. The van der Waals surface area contributed by atoms with Crippen molar-refractivity contribution >= 4 is 28.3 Å². The summed E-state index contributed by atoms with van der Waals surface area (Å²) in [6.45, 7) is 1.71. The van der Waals surface area contributed by atoms with Crippen LogP contribution in [0.15, 0.2) is 24.3 Å². The second-order valence-electron chi connectivity index (χ2n) is 6.99. The zero-order valence-corrected chi connectivity index (χ0v) is 16.2. The van der Waals surface area contributed by atoms with Crippen molar-refractivity contribution in [3.8, 4) is 5.75 Å². The number of carbonyl (C=O) groups excluding carboxylic acids is 2. The first-order valence-electron chi connectivity index (χ1n) is 9.39. The Morgan fingerprint density at radius 3 is 2.63 bits per heavy atom. The van der Waals surface area contributed by atoms with Crippen molar-refractivity contribution in [1.29, 1.82) is 0 Å². The zero-order valence-electron chi connectivity index (χ0n) is 15.4. The predicted molar refractivity (Wildman–Crippen MR) is 105 cm³/mol. The third-order valence-electron chi connectivity index (χ3n) is 5.24. The Bertz CT molecular complexity index is 841. The van der Waals surface area contributed by atoms with Gasteiger partial charge < -0.3 is 9.64 Å². The van der Waals surface area contributed by atoms with Crippen LogP contribution in [0.25, 0.3) is 0 Å². The Balaban J connectivity index is 1.50. The Labute approximate surface area is 162 Å². The van der Waals surface area contributed by atoms with Gasteiger partial charge in [-0.1, -0.05) is 0 Å². The minimum atomic E-state index is -0.203. The predicted octanol–water partition coefficient (Wildman–Crippen LogP) is 3.45. The quantitative estimate of drug-likeness (QED) is 0.875. The molecule has 142 valence electrons. The minimum absolute atomic E-state index is 0.158. The van der Waals surface area contributed by atoms with Crippen LogP contribution in [-0.2, 0) is 11.2 Å². The van der Waals surface area contributed by atoms with E-state index in [9.17, 15) is 9.59 Å². The lowest BCUT2D eigenvalue weighted by molar-refractivity contribution is -0.132. The fraction of sp³-hybridized carbons (Fsp3) is 0.450. The molecule has 1 aliphatic carbocycles. The van der Waals surface area contributed by atoms with Gasteiger partial charge in [-0.05, 0) is 56.4 Å². The summed E-state index contributed by atoms with van der Waals surface area (Å²) < 4.78 is 5.12. The number of aromatic nitrogens is 1. The van der Waals surface area contributed by atoms with E-state index >= 15 is 0 Å². The molecule has 1 aromatic carbocycles. The molecular formula is C20H23N3O3S. The second-order valence-corrected chi connectivity index (χ2v) is 8.07. The molecule has 4 rings (SSSR count). The number of carbonyl (C=O) groups is 2. The van der Waals surface area contributed by atoms with Crippen LogP contribution in [0.3, 0.4) is 0 Å². The Hall–Kier alpha value is -2.41. The number of hydrogen-bond donors (Lipinski definition) is 1. The van der Waals surface area contributed by atoms with Crippen molar-refractivity contribution < 1.29 is 14.3 Å². The minimum Gasteiger partial charge on any atom is -0.497 e. The Morgan fingerprint density at radius 2 is 1.93 bits per heavy atom. The summed E-state index contributed by atoms with van der Waals surface area (Å²) in [4.78, 5) is 33.1. The Morgan fingerprint density at radius 1 is 1.19 bits per heavy atom. The molecule has 0 bridgehead atoms. The number of nitrogens with one attached hydrogen (secondary N) is 1. The number of hydrogen-bond acceptors (Lipinski definition) is 5. The SMILES string of the molecule is COc1ccc(C(=O)Nc2nc3c(s2)CCC[C@@H]3C(=O)N2CCCC2)cc1. The summed E-state index contributed by atoms with van der Waals surface area (Å²) >= 11 is 1.49. The molecule has 7 heteroatoms. The van der Waals surface area contributed by atoms with Crippen LogP contribution in [0, 0.1) is 0 Å². The number of thiazole rings is 1. The molecule has 1 atom stereocenters. The third kappa shape index (κ3) is 3.69. The van der Waals surface area contributed by atoms with Gasteiger partial charge in [-0.2, -0.15) is 0 Å². The summed E-state index contributed by atoms with van der Waals surface area (Å²) in [5.41, 5.74) is 1.42. The first-order chi connectivity index (χ1) is 13.2. The smallest absolute Gasteiger partial charge is 0.257 e. The summed E-state index contributed by atoms with van der Waals surface area (Å²) in [7, 11) is 1.59. The van der Waals surface area contributed by atoms with Gasteiger partial charge >= 0.3 is 0 Å². The molecule has 1 saturated heterocycles. The lowest BCUT2D eigenvalue weighted by Gasteiger charge is -2.25. The highest BCUT2D eigenvalue weighted by Gasteiger charge is 2.34. The molecule has 1 N–H and O–H groups in total. The van der Waals surface area contributed by atoms with Gasteiger partial charge in [0.05, 0.1) is 18.7 Å². The monoisotopic (exact) mass is 385 g/mol. The summed E-state index contributed by atoms with van der Waals surface area (Å²) in [5, 5.41) is 3.46. The first kappa shape index (κ1) is 18.0. The lowest BCUT2D eigenvalue weighted by Crippen LogP contribution is -2.34. The number of benzene rings is 1. The fourth-order valence-corrected chi connectivity index (χ4v) is 4.84. The van der Waals surface area contributed by atoms with Gasteiger partial charge in [0.15, 0.2) is 5.13 Å². The third-order valence-corrected chi connectivity index (χ3v) is 6.29. The summed E-state index contributed by atoms with van der Waals surface area (Å²) in [5.74, 6) is 0.548. The van der Waals surface area contributed by atoms with Crippen molar-refractivity contribution in [3.05, 3.63) is 40.4 Å². The van der Waals surface area contributed by atoms with E-state index in [1.54, 1.807) is 31.4 Å². The van der Waals surface area contributed by atoms with Crippen LogP contribution >= 0.6 is 11.3 Å². The van der Waals surface area contributed by atoms with Crippen molar-refractivity contribution in [3.63, 3.8) is 0 Å². The molecular weight excluding hydrogens is 362 g/mol. The standard InChI is InChI=1S/C20H23N3O3S/c1-26-14-9-7-13(8-10-14)18(24)22-20-21-17-15(5-4-6-16(17)27-20)19(25)23-11-2-3-12-23/h7-10,15H,2-6,11-12H2,1H3,(H,21,22,24)/t15-/m0/s1. The number of ether oxygens (including phenoxy) is 1. The van der Waals surface area contributed by atoms with Crippen LogP contribution in [0.4, 0.5) is 5.13 Å². The average molecular weight is 385 g/mol. The van der Waals surface area contributed by atoms with E-state index in [0.29, 0.717) is 16.4 Å². The van der Waals surface area contributed by atoms with Crippen molar-refractivity contribution in [2.24, 2.45) is 0 Å². The van der Waals surface area contributed by atoms with Crippen molar-refractivity contribution in [1.82, 2.24) is 9.88 Å². The van der Waals surface area contributed by atoms with E-state index in [4.69, 9.17) is 4.74 Å². The first-order valence-corrected chi connectivity index (χ1v) is 10.2. The molecule has 1 fully saturated rings. The normalized spacial score (nSPS) is 18.9. The van der Waals surface area contributed by atoms with Crippen LogP contribution in [-0.4, -0.2) is 41.9 Å². The van der Waals surface area contributed by atoms with Gasteiger partial charge in [0, 0.05) is 23.5 Å². The highest BCUT2D eigenvalue weighted by molar-refractivity contribution is 7.15. The molecule has 1 aromatic heterocycles. The average Bonchev–Trinajstić information content (AvgIpc) is 3.36. The number of amides is 2. The lowest BCUT2D eigenvalue weighted by atomic mass is 9.90. The number of anilines is 1. The molecule has 27 heavy (non-hydrogen) atoms. The molecule has 0 unspecified atom stereocenters. The molecule has 6 nitrogen and oxygen atoms in total. The summed E-state index contributed by atoms with van der Waals surface area (Å²) in [6.07, 6.45) is 4.94. The maximum Gasteiger partial charge on any atom is 0.257 e. The van der Waals surface area contributed by atoms with Gasteiger partial charge in [0.25, 0.3) is 5.91 Å². The molecule has 0 spiro atoms. The second kappa shape index (κ2) is 7.68. The molecule has 0 saturated carbocycles. The van der Waals surface area contributed by atoms with E-state index in [0.717, 1.165) is 55.8 Å². The van der Waals surface area contributed by atoms with Crippen molar-refractivity contribution in [2.45, 2.75) is 38.0 Å². The molecule has 1 aliphatic heterocycles. The van der Waals surface area contributed by atoms with E-state index in [-0.39, 0.29) is 17.7 Å². The van der Waals surface area contributed by atoms with E-state index < -0.39 is 0 Å². The number of fused-ring (bicyclic) bond motifs is 1. The largest absolute Gasteiger partial charge is 0.497 e. The fourth-order valence-electron chi connectivity index (χ4n) is 3.78. The van der Waals surface area contributed by atoms with E-state index in [1.165, 1.54) is 11.3 Å². The number of methoxy groups -OCH3 is 1. The Kier molecular flexibility index (Phi) is 5.11. The van der Waals surface area contributed by atoms with Crippen LogP contribution < -0.4 is 10.1 Å². The molecule has 2 aliphatic rings. The van der Waals surface area contributed by atoms with Gasteiger partial charge in [-0.25, -0.2) is 4.98 Å². The van der Waals surface area contributed by atoms with Gasteiger partial charge in [0.1, 0.15) is 5.75 Å². The molecule has 2 heterocycles. The maximum absolute atomic E-state index is 12.9. The molecule has 2 aromatic rings. The summed E-state index contributed by atoms with van der Waals surface area (Å²) in [6, 6.07) is 6.96. The number of rotatable bonds is 4. The van der Waals surface area contributed by atoms with Gasteiger partial charge in [-0.15, -0.1) is 11.3 Å². The zero-order chi connectivity index (χ0) is 18.8. The van der Waals surface area contributed by atoms with Crippen LogP contribution in [0.2, 0.25) is 0 Å². The molecule has 2 amide bonds. The van der Waals surface area contributed by atoms with Crippen LogP contribution in [0.1, 0.15) is 52.5 Å². The van der Waals surface area contributed by atoms with Crippen molar-refractivity contribution in [2.75, 3.05) is 25.5 Å². The molecule has 0 radical (unpaired) electrons. The maximum atomic E-state index is 12.9. The number of likely N-dealkylation sites (tertiary alicyclic amines) is 1.